The fraction of sp³-hybridized carbons (Fsp3) is 0.600. The minimum atomic E-state index is -0.0806. The third-order valence-electron chi connectivity index (χ3n) is 2.51. The summed E-state index contributed by atoms with van der Waals surface area (Å²) in [5.74, 6) is 1.19. The Hall–Kier alpha value is -1.52. The second-order valence-corrected chi connectivity index (χ2v) is 3.80. The molecule has 1 aromatic rings. The average molecular weight is 209 g/mol. The van der Waals surface area contributed by atoms with Crippen molar-refractivity contribution < 1.29 is 9.32 Å². The largest absolute Gasteiger partial charge is 0.360 e. The number of urea groups is 1. The quantitative estimate of drug-likeness (QED) is 0.769. The first kappa shape index (κ1) is 10.0. The first-order chi connectivity index (χ1) is 7.25. The predicted octanol–water partition coefficient (Wildman–Crippen LogP) is 2.00. The SMILES string of the molecule is Cc1cc(NC(=O)N2CCCCC2)no1. The molecule has 0 unspecified atom stereocenters. The minimum absolute atomic E-state index is 0.0806. The summed E-state index contributed by atoms with van der Waals surface area (Å²) < 4.78 is 4.87. The lowest BCUT2D eigenvalue weighted by molar-refractivity contribution is 0.200. The van der Waals surface area contributed by atoms with Gasteiger partial charge in [-0.1, -0.05) is 5.16 Å². The number of aromatic nitrogens is 1. The summed E-state index contributed by atoms with van der Waals surface area (Å²) in [6.45, 7) is 3.47. The monoisotopic (exact) mass is 209 g/mol. The highest BCUT2D eigenvalue weighted by atomic mass is 16.5. The lowest BCUT2D eigenvalue weighted by Gasteiger charge is -2.26. The van der Waals surface area contributed by atoms with Gasteiger partial charge in [-0.05, 0) is 26.2 Å². The maximum absolute atomic E-state index is 11.7. The molecule has 2 amide bonds. The number of likely N-dealkylation sites (tertiary alicyclic amines) is 1. The van der Waals surface area contributed by atoms with Gasteiger partial charge < -0.3 is 9.42 Å². The van der Waals surface area contributed by atoms with Crippen molar-refractivity contribution in [3.63, 3.8) is 0 Å². The minimum Gasteiger partial charge on any atom is -0.360 e. The standard InChI is InChI=1S/C10H15N3O2/c1-8-7-9(12-15-8)11-10(14)13-5-3-2-4-6-13/h7H,2-6H2,1H3,(H,11,12,14). The van der Waals surface area contributed by atoms with Crippen molar-refractivity contribution in [3.05, 3.63) is 11.8 Å². The molecule has 0 saturated carbocycles. The highest BCUT2D eigenvalue weighted by Crippen LogP contribution is 2.12. The van der Waals surface area contributed by atoms with Crippen molar-refractivity contribution in [1.29, 1.82) is 0 Å². The number of nitrogens with zero attached hydrogens (tertiary/aromatic N) is 2. The lowest BCUT2D eigenvalue weighted by Crippen LogP contribution is -2.38. The molecule has 0 bridgehead atoms. The molecule has 5 nitrogen and oxygen atoms in total. The molecule has 1 aliphatic heterocycles. The van der Waals surface area contributed by atoms with E-state index >= 15 is 0 Å². The topological polar surface area (TPSA) is 58.4 Å². The Morgan fingerprint density at radius 1 is 1.47 bits per heavy atom. The first-order valence-electron chi connectivity index (χ1n) is 5.25. The Morgan fingerprint density at radius 3 is 2.80 bits per heavy atom. The zero-order valence-electron chi connectivity index (χ0n) is 8.82. The second kappa shape index (κ2) is 4.33. The molecule has 1 fully saturated rings. The van der Waals surface area contributed by atoms with E-state index in [4.69, 9.17) is 4.52 Å². The van der Waals surface area contributed by atoms with E-state index in [1.807, 2.05) is 4.90 Å². The molecular formula is C10H15N3O2. The van der Waals surface area contributed by atoms with Gasteiger partial charge in [0, 0.05) is 19.2 Å². The number of aryl methyl sites for hydroxylation is 1. The molecule has 0 aromatic carbocycles. The van der Waals surface area contributed by atoms with Crippen LogP contribution in [0.3, 0.4) is 0 Å². The van der Waals surface area contributed by atoms with Crippen LogP contribution >= 0.6 is 0 Å². The van der Waals surface area contributed by atoms with Crippen molar-refractivity contribution in [1.82, 2.24) is 10.1 Å². The van der Waals surface area contributed by atoms with Crippen molar-refractivity contribution in [2.75, 3.05) is 18.4 Å². The number of rotatable bonds is 1. The van der Waals surface area contributed by atoms with Crippen molar-refractivity contribution in [2.24, 2.45) is 0 Å². The van der Waals surface area contributed by atoms with E-state index in [1.165, 1.54) is 6.42 Å². The van der Waals surface area contributed by atoms with E-state index in [1.54, 1.807) is 13.0 Å². The molecule has 0 atom stereocenters. The van der Waals surface area contributed by atoms with Gasteiger partial charge in [-0.25, -0.2) is 4.79 Å². The molecular weight excluding hydrogens is 194 g/mol. The summed E-state index contributed by atoms with van der Waals surface area (Å²) in [4.78, 5) is 13.5. The zero-order chi connectivity index (χ0) is 10.7. The van der Waals surface area contributed by atoms with Gasteiger partial charge in [0.2, 0.25) is 0 Å². The van der Waals surface area contributed by atoms with Crippen LogP contribution < -0.4 is 5.32 Å². The zero-order valence-corrected chi connectivity index (χ0v) is 8.82. The Kier molecular flexibility index (Phi) is 2.89. The van der Waals surface area contributed by atoms with Crippen LogP contribution in [0, 0.1) is 6.92 Å². The number of nitrogens with one attached hydrogen (secondary N) is 1. The van der Waals surface area contributed by atoms with Gasteiger partial charge in [-0.15, -0.1) is 0 Å². The van der Waals surface area contributed by atoms with E-state index < -0.39 is 0 Å². The van der Waals surface area contributed by atoms with E-state index in [2.05, 4.69) is 10.5 Å². The molecule has 0 aliphatic carbocycles. The van der Waals surface area contributed by atoms with Gasteiger partial charge >= 0.3 is 6.03 Å². The van der Waals surface area contributed by atoms with Crippen LogP contribution in [0.4, 0.5) is 10.6 Å². The molecule has 5 heteroatoms. The summed E-state index contributed by atoms with van der Waals surface area (Å²) in [6, 6.07) is 1.63. The van der Waals surface area contributed by atoms with Crippen LogP contribution in [0.25, 0.3) is 0 Å². The maximum atomic E-state index is 11.7. The normalized spacial score (nSPS) is 16.5. The van der Waals surface area contributed by atoms with Gasteiger partial charge in [-0.3, -0.25) is 5.32 Å². The number of piperidine rings is 1. The van der Waals surface area contributed by atoms with Gasteiger partial charge in [0.15, 0.2) is 5.82 Å². The highest BCUT2D eigenvalue weighted by molar-refractivity contribution is 5.88. The Morgan fingerprint density at radius 2 is 2.20 bits per heavy atom. The fourth-order valence-electron chi connectivity index (χ4n) is 1.71. The lowest BCUT2D eigenvalue weighted by atomic mass is 10.1. The number of carbonyl (C=O) groups is 1. The average Bonchev–Trinajstić information content (AvgIpc) is 2.65. The van der Waals surface area contributed by atoms with Crippen LogP contribution in [0.1, 0.15) is 25.0 Å². The van der Waals surface area contributed by atoms with E-state index in [0.29, 0.717) is 11.6 Å². The fourth-order valence-corrected chi connectivity index (χ4v) is 1.71. The third kappa shape index (κ3) is 2.49. The van der Waals surface area contributed by atoms with Gasteiger partial charge in [0.1, 0.15) is 5.76 Å². The summed E-state index contributed by atoms with van der Waals surface area (Å²) in [7, 11) is 0. The Labute approximate surface area is 88.4 Å². The molecule has 82 valence electrons. The molecule has 2 rings (SSSR count). The van der Waals surface area contributed by atoms with Crippen LogP contribution in [-0.2, 0) is 0 Å². The third-order valence-corrected chi connectivity index (χ3v) is 2.51. The maximum Gasteiger partial charge on any atom is 0.323 e. The molecule has 0 spiro atoms. The van der Waals surface area contributed by atoms with Crippen LogP contribution in [0.5, 0.6) is 0 Å². The summed E-state index contributed by atoms with van der Waals surface area (Å²) in [6.07, 6.45) is 3.39. The molecule has 15 heavy (non-hydrogen) atoms. The van der Waals surface area contributed by atoms with Gasteiger partial charge in [0.05, 0.1) is 0 Å². The molecule has 2 heterocycles. The van der Waals surface area contributed by atoms with E-state index in [0.717, 1.165) is 25.9 Å². The van der Waals surface area contributed by atoms with Crippen molar-refractivity contribution in [2.45, 2.75) is 26.2 Å². The number of hydrogen-bond donors (Lipinski definition) is 1. The summed E-state index contributed by atoms with van der Waals surface area (Å²) >= 11 is 0. The molecule has 1 saturated heterocycles. The number of hydrogen-bond acceptors (Lipinski definition) is 3. The first-order valence-corrected chi connectivity index (χ1v) is 5.25. The second-order valence-electron chi connectivity index (χ2n) is 3.80. The van der Waals surface area contributed by atoms with E-state index in [-0.39, 0.29) is 6.03 Å². The Balaban J connectivity index is 1.91. The molecule has 1 aliphatic rings. The van der Waals surface area contributed by atoms with Crippen LogP contribution in [0.2, 0.25) is 0 Å². The van der Waals surface area contributed by atoms with Gasteiger partial charge in [-0.2, -0.15) is 0 Å². The van der Waals surface area contributed by atoms with E-state index in [9.17, 15) is 4.79 Å². The van der Waals surface area contributed by atoms with Crippen LogP contribution in [-0.4, -0.2) is 29.2 Å². The van der Waals surface area contributed by atoms with Crippen molar-refractivity contribution >= 4 is 11.8 Å². The molecule has 1 N–H and O–H groups in total. The predicted molar refractivity (Wildman–Crippen MR) is 55.7 cm³/mol. The molecule has 0 radical (unpaired) electrons. The number of carbonyl (C=O) groups excluding carboxylic acids is 1. The van der Waals surface area contributed by atoms with Gasteiger partial charge in [0.25, 0.3) is 0 Å². The number of amides is 2. The van der Waals surface area contributed by atoms with Crippen LogP contribution in [0.15, 0.2) is 10.6 Å². The summed E-state index contributed by atoms with van der Waals surface area (Å²) in [5.41, 5.74) is 0. The number of anilines is 1. The molecule has 1 aromatic heterocycles. The van der Waals surface area contributed by atoms with Crippen molar-refractivity contribution in [3.8, 4) is 0 Å². The highest BCUT2D eigenvalue weighted by Gasteiger charge is 2.17. The smallest absolute Gasteiger partial charge is 0.323 e. The Bertz CT molecular complexity index is 342. The summed E-state index contributed by atoms with van der Waals surface area (Å²) in [5, 5.41) is 6.43.